The molecule has 0 amide bonds. The second-order valence-electron chi connectivity index (χ2n) is 7.91. The highest BCUT2D eigenvalue weighted by molar-refractivity contribution is 5.37. The van der Waals surface area contributed by atoms with Crippen molar-refractivity contribution < 1.29 is 0 Å². The molecule has 1 N–H and O–H groups in total. The van der Waals surface area contributed by atoms with Crippen LogP contribution in [0.3, 0.4) is 0 Å². The van der Waals surface area contributed by atoms with Crippen LogP contribution in [0.1, 0.15) is 50.8 Å². The minimum absolute atomic E-state index is 0.465. The molecule has 3 rings (SSSR count). The van der Waals surface area contributed by atoms with E-state index in [0.29, 0.717) is 17.5 Å². The van der Waals surface area contributed by atoms with Gasteiger partial charge in [0.15, 0.2) is 0 Å². The summed E-state index contributed by atoms with van der Waals surface area (Å²) in [4.78, 5) is 2.74. The van der Waals surface area contributed by atoms with Crippen molar-refractivity contribution >= 4 is 0 Å². The average molecular weight is 286 g/mol. The van der Waals surface area contributed by atoms with Crippen LogP contribution in [0.15, 0.2) is 24.3 Å². The topological polar surface area (TPSA) is 15.3 Å². The maximum absolute atomic E-state index is 3.57. The molecule has 1 saturated heterocycles. The van der Waals surface area contributed by atoms with E-state index in [-0.39, 0.29) is 0 Å². The van der Waals surface area contributed by atoms with Gasteiger partial charge in [-0.15, -0.1) is 0 Å². The molecule has 21 heavy (non-hydrogen) atoms. The van der Waals surface area contributed by atoms with Crippen LogP contribution in [-0.4, -0.2) is 31.1 Å². The van der Waals surface area contributed by atoms with Crippen LogP contribution in [0.5, 0.6) is 0 Å². The van der Waals surface area contributed by atoms with Crippen LogP contribution in [0.2, 0.25) is 0 Å². The van der Waals surface area contributed by atoms with E-state index in [1.54, 1.807) is 5.56 Å². The lowest BCUT2D eigenvalue weighted by molar-refractivity contribution is 0.0733. The Bertz CT molecular complexity index is 481. The zero-order chi connectivity index (χ0) is 15.0. The van der Waals surface area contributed by atoms with Crippen LogP contribution < -0.4 is 5.32 Å². The maximum Gasteiger partial charge on any atom is 0.0481 e. The molecule has 1 aliphatic heterocycles. The van der Waals surface area contributed by atoms with Crippen molar-refractivity contribution in [1.29, 1.82) is 0 Å². The molecule has 1 aromatic rings. The summed E-state index contributed by atoms with van der Waals surface area (Å²) >= 11 is 0. The first kappa shape index (κ1) is 15.1. The zero-order valence-electron chi connectivity index (χ0n) is 14.0. The number of likely N-dealkylation sites (N-methyl/N-ethyl adjacent to an activating group) is 1. The van der Waals surface area contributed by atoms with Crippen molar-refractivity contribution in [3.8, 4) is 0 Å². The molecule has 0 saturated carbocycles. The van der Waals surface area contributed by atoms with Gasteiger partial charge < -0.3 is 5.32 Å². The second kappa shape index (κ2) is 5.73. The molecule has 0 aromatic heterocycles. The number of hydrogen-bond acceptors (Lipinski definition) is 2. The molecule has 0 bridgehead atoms. The lowest BCUT2D eigenvalue weighted by atomic mass is 9.75. The van der Waals surface area contributed by atoms with Gasteiger partial charge in [-0.05, 0) is 61.9 Å². The Hall–Kier alpha value is -0.860. The van der Waals surface area contributed by atoms with Gasteiger partial charge in [-0.25, -0.2) is 0 Å². The van der Waals surface area contributed by atoms with Crippen molar-refractivity contribution in [3.05, 3.63) is 35.4 Å². The number of likely N-dealkylation sites (tertiary alicyclic amines) is 1. The fourth-order valence-corrected chi connectivity index (χ4v) is 4.36. The lowest BCUT2D eigenvalue weighted by Crippen LogP contribution is -2.47. The van der Waals surface area contributed by atoms with Crippen molar-refractivity contribution in [2.24, 2.45) is 11.3 Å². The third kappa shape index (κ3) is 2.89. The Morgan fingerprint density at radius 3 is 2.38 bits per heavy atom. The van der Waals surface area contributed by atoms with Crippen LogP contribution in [0.4, 0.5) is 0 Å². The SMILES string of the molecule is CNC1c2ccccc2CC1N1CCC(C(C)(C)C)CC1. The molecular formula is C19H30N2. The summed E-state index contributed by atoms with van der Waals surface area (Å²) in [7, 11) is 2.11. The Morgan fingerprint density at radius 1 is 1.10 bits per heavy atom. The summed E-state index contributed by atoms with van der Waals surface area (Å²) in [6.07, 6.45) is 3.92. The molecule has 2 atom stereocenters. The Morgan fingerprint density at radius 2 is 1.76 bits per heavy atom. The van der Waals surface area contributed by atoms with E-state index in [1.165, 1.54) is 37.9 Å². The Balaban J connectivity index is 1.69. The molecule has 2 unspecified atom stereocenters. The van der Waals surface area contributed by atoms with Gasteiger partial charge in [0.1, 0.15) is 0 Å². The third-order valence-electron chi connectivity index (χ3n) is 5.74. The highest BCUT2D eigenvalue weighted by atomic mass is 15.2. The summed E-state index contributed by atoms with van der Waals surface area (Å²) in [6.45, 7) is 9.72. The summed E-state index contributed by atoms with van der Waals surface area (Å²) in [5.41, 5.74) is 3.52. The van der Waals surface area contributed by atoms with E-state index in [1.807, 2.05) is 0 Å². The van der Waals surface area contributed by atoms with Gasteiger partial charge in [-0.1, -0.05) is 45.0 Å². The molecule has 2 nitrogen and oxygen atoms in total. The van der Waals surface area contributed by atoms with Crippen molar-refractivity contribution in [3.63, 3.8) is 0 Å². The highest BCUT2D eigenvalue weighted by Gasteiger charge is 2.38. The summed E-state index contributed by atoms with van der Waals surface area (Å²) in [5.74, 6) is 0.880. The highest BCUT2D eigenvalue weighted by Crippen LogP contribution is 2.39. The molecule has 0 spiro atoms. The molecule has 116 valence electrons. The van der Waals surface area contributed by atoms with Crippen molar-refractivity contribution in [2.75, 3.05) is 20.1 Å². The number of nitrogens with zero attached hydrogens (tertiary/aromatic N) is 1. The molecule has 0 radical (unpaired) electrons. The summed E-state index contributed by atoms with van der Waals surface area (Å²) < 4.78 is 0. The largest absolute Gasteiger partial charge is 0.312 e. The Kier molecular flexibility index (Phi) is 4.11. The minimum atomic E-state index is 0.465. The van der Waals surface area contributed by atoms with Gasteiger partial charge in [0, 0.05) is 12.1 Å². The Labute approximate surface area is 129 Å². The maximum atomic E-state index is 3.57. The summed E-state index contributed by atoms with van der Waals surface area (Å²) in [6, 6.07) is 10.1. The predicted octanol–water partition coefficient (Wildman–Crippen LogP) is 3.63. The predicted molar refractivity (Wildman–Crippen MR) is 89.5 cm³/mol. The van der Waals surface area contributed by atoms with Gasteiger partial charge in [0.05, 0.1) is 0 Å². The fraction of sp³-hybridized carbons (Fsp3) is 0.684. The zero-order valence-corrected chi connectivity index (χ0v) is 14.0. The van der Waals surface area contributed by atoms with Gasteiger partial charge in [0.25, 0.3) is 0 Å². The smallest absolute Gasteiger partial charge is 0.0481 e. The van der Waals surface area contributed by atoms with E-state index in [2.05, 4.69) is 62.3 Å². The van der Waals surface area contributed by atoms with E-state index < -0.39 is 0 Å². The average Bonchev–Trinajstić information content (AvgIpc) is 2.85. The van der Waals surface area contributed by atoms with Crippen LogP contribution in [0.25, 0.3) is 0 Å². The van der Waals surface area contributed by atoms with Crippen molar-refractivity contribution in [1.82, 2.24) is 10.2 Å². The number of rotatable bonds is 2. The second-order valence-corrected chi connectivity index (χ2v) is 7.91. The molecule has 1 aliphatic carbocycles. The standard InChI is InChI=1S/C19H30N2/c1-19(2,3)15-9-11-21(12-10-15)17-13-14-7-5-6-8-16(14)18(17)20-4/h5-8,15,17-18,20H,9-13H2,1-4H3. The monoisotopic (exact) mass is 286 g/mol. The molecular weight excluding hydrogens is 256 g/mol. The van der Waals surface area contributed by atoms with E-state index in [4.69, 9.17) is 0 Å². The number of nitrogens with one attached hydrogen (secondary N) is 1. The van der Waals surface area contributed by atoms with Gasteiger partial charge >= 0.3 is 0 Å². The quantitative estimate of drug-likeness (QED) is 0.893. The molecule has 1 fully saturated rings. The molecule has 1 heterocycles. The molecule has 2 heteroatoms. The normalized spacial score (nSPS) is 27.8. The van der Waals surface area contributed by atoms with Crippen LogP contribution >= 0.6 is 0 Å². The van der Waals surface area contributed by atoms with Crippen LogP contribution in [0, 0.1) is 11.3 Å². The van der Waals surface area contributed by atoms with E-state index in [0.717, 1.165) is 5.92 Å². The first-order chi connectivity index (χ1) is 10.0. The number of hydrogen-bond donors (Lipinski definition) is 1. The third-order valence-corrected chi connectivity index (χ3v) is 5.74. The first-order valence-electron chi connectivity index (χ1n) is 8.50. The van der Waals surface area contributed by atoms with Crippen LogP contribution in [-0.2, 0) is 6.42 Å². The minimum Gasteiger partial charge on any atom is -0.312 e. The molecule has 1 aromatic carbocycles. The number of piperidine rings is 1. The fourth-order valence-electron chi connectivity index (χ4n) is 4.36. The van der Waals surface area contributed by atoms with Gasteiger partial charge in [-0.2, -0.15) is 0 Å². The first-order valence-corrected chi connectivity index (χ1v) is 8.50. The van der Waals surface area contributed by atoms with E-state index >= 15 is 0 Å². The number of benzene rings is 1. The lowest BCUT2D eigenvalue weighted by Gasteiger charge is -2.42. The number of fused-ring (bicyclic) bond motifs is 1. The summed E-state index contributed by atoms with van der Waals surface area (Å²) in [5, 5.41) is 3.57. The van der Waals surface area contributed by atoms with Crippen molar-refractivity contribution in [2.45, 2.75) is 52.1 Å². The molecule has 2 aliphatic rings. The van der Waals surface area contributed by atoms with E-state index in [9.17, 15) is 0 Å². The van der Waals surface area contributed by atoms with Gasteiger partial charge in [0.2, 0.25) is 0 Å². The van der Waals surface area contributed by atoms with Gasteiger partial charge in [-0.3, -0.25) is 4.90 Å².